The van der Waals surface area contributed by atoms with Gasteiger partial charge in [0, 0.05) is 29.4 Å². The Morgan fingerprint density at radius 2 is 2.14 bits per heavy atom. The molecule has 0 aliphatic heterocycles. The molecule has 2 heterocycles. The van der Waals surface area contributed by atoms with Crippen LogP contribution >= 0.6 is 0 Å². The average Bonchev–Trinajstić information content (AvgIpc) is 2.90. The molecule has 0 fully saturated rings. The molecule has 3 rings (SSSR count). The summed E-state index contributed by atoms with van der Waals surface area (Å²) < 4.78 is 1.77. The Bertz CT molecular complexity index is 777. The quantitative estimate of drug-likeness (QED) is 0.802. The molecule has 106 valence electrons. The topological polar surface area (TPSA) is 59.8 Å². The number of carbonyl (C=O) groups excluding carboxylic acids is 1. The minimum Gasteiger partial charge on any atom is -0.350 e. The third-order valence-corrected chi connectivity index (χ3v) is 3.10. The van der Waals surface area contributed by atoms with Gasteiger partial charge in [0.2, 0.25) is 0 Å². The molecule has 5 nitrogen and oxygen atoms in total. The molecule has 1 amide bonds. The second-order valence-electron chi connectivity index (χ2n) is 5.19. The molecule has 5 heteroatoms. The molecule has 0 saturated heterocycles. The Labute approximate surface area is 122 Å². The van der Waals surface area contributed by atoms with Crippen LogP contribution in [0.4, 0.5) is 0 Å². The largest absolute Gasteiger partial charge is 0.350 e. The maximum atomic E-state index is 12.0. The van der Waals surface area contributed by atoms with Crippen molar-refractivity contribution in [3.8, 4) is 5.69 Å². The molecule has 1 aromatic carbocycles. The SMILES string of the molecule is CC(C)NC(=O)c1ccc2nn(-c3cccnc3)cc2c1. The summed E-state index contributed by atoms with van der Waals surface area (Å²) in [6.07, 6.45) is 5.37. The molecular weight excluding hydrogens is 264 g/mol. The number of nitrogens with one attached hydrogen (secondary N) is 1. The summed E-state index contributed by atoms with van der Waals surface area (Å²) in [6.45, 7) is 3.88. The van der Waals surface area contributed by atoms with Gasteiger partial charge in [0.25, 0.3) is 5.91 Å². The van der Waals surface area contributed by atoms with Crippen LogP contribution in [0.2, 0.25) is 0 Å². The van der Waals surface area contributed by atoms with Crippen LogP contribution in [0.15, 0.2) is 48.9 Å². The highest BCUT2D eigenvalue weighted by atomic mass is 16.1. The van der Waals surface area contributed by atoms with Gasteiger partial charge in [-0.1, -0.05) is 0 Å². The lowest BCUT2D eigenvalue weighted by molar-refractivity contribution is 0.0943. The number of hydrogen-bond acceptors (Lipinski definition) is 3. The van der Waals surface area contributed by atoms with Crippen LogP contribution in [0, 0.1) is 0 Å². The van der Waals surface area contributed by atoms with Gasteiger partial charge >= 0.3 is 0 Å². The molecule has 0 aliphatic carbocycles. The maximum Gasteiger partial charge on any atom is 0.251 e. The van der Waals surface area contributed by atoms with E-state index in [2.05, 4.69) is 15.4 Å². The number of aromatic nitrogens is 3. The normalized spacial score (nSPS) is 11.0. The van der Waals surface area contributed by atoms with Crippen molar-refractivity contribution in [3.63, 3.8) is 0 Å². The predicted octanol–water partition coefficient (Wildman–Crippen LogP) is 2.56. The van der Waals surface area contributed by atoms with E-state index in [1.165, 1.54) is 0 Å². The molecule has 0 aliphatic rings. The minimum absolute atomic E-state index is 0.0685. The van der Waals surface area contributed by atoms with Crippen LogP contribution in [-0.2, 0) is 0 Å². The van der Waals surface area contributed by atoms with Crippen molar-refractivity contribution in [3.05, 3.63) is 54.5 Å². The highest BCUT2D eigenvalue weighted by Gasteiger charge is 2.09. The van der Waals surface area contributed by atoms with E-state index in [0.29, 0.717) is 5.56 Å². The number of rotatable bonds is 3. The Balaban J connectivity index is 1.97. The molecule has 3 aromatic rings. The zero-order valence-electron chi connectivity index (χ0n) is 11.9. The molecule has 0 radical (unpaired) electrons. The van der Waals surface area contributed by atoms with E-state index in [9.17, 15) is 4.79 Å². The van der Waals surface area contributed by atoms with E-state index in [0.717, 1.165) is 16.6 Å². The van der Waals surface area contributed by atoms with Crippen molar-refractivity contribution < 1.29 is 4.79 Å². The Morgan fingerprint density at radius 1 is 1.29 bits per heavy atom. The lowest BCUT2D eigenvalue weighted by atomic mass is 10.1. The summed E-state index contributed by atoms with van der Waals surface area (Å²) in [5.41, 5.74) is 2.38. The third-order valence-electron chi connectivity index (χ3n) is 3.10. The third kappa shape index (κ3) is 2.76. The molecule has 0 spiro atoms. The van der Waals surface area contributed by atoms with E-state index in [-0.39, 0.29) is 11.9 Å². The number of amides is 1. The van der Waals surface area contributed by atoms with E-state index in [1.54, 1.807) is 23.1 Å². The number of benzene rings is 1. The summed E-state index contributed by atoms with van der Waals surface area (Å²) in [5.74, 6) is -0.0685. The Hall–Kier alpha value is -2.69. The van der Waals surface area contributed by atoms with Crippen molar-refractivity contribution >= 4 is 16.8 Å². The monoisotopic (exact) mass is 280 g/mol. The fraction of sp³-hybridized carbons (Fsp3) is 0.188. The van der Waals surface area contributed by atoms with Crippen LogP contribution in [0.3, 0.4) is 0 Å². The molecular formula is C16H16N4O. The molecule has 0 unspecified atom stereocenters. The van der Waals surface area contributed by atoms with Crippen LogP contribution in [-0.4, -0.2) is 26.7 Å². The molecule has 0 saturated carbocycles. The molecule has 2 aromatic heterocycles. The second-order valence-corrected chi connectivity index (χ2v) is 5.19. The van der Waals surface area contributed by atoms with Gasteiger partial charge in [-0.05, 0) is 44.2 Å². The van der Waals surface area contributed by atoms with Crippen molar-refractivity contribution in [2.45, 2.75) is 19.9 Å². The van der Waals surface area contributed by atoms with Gasteiger partial charge in [0.05, 0.1) is 17.4 Å². The summed E-state index contributed by atoms with van der Waals surface area (Å²) in [7, 11) is 0. The smallest absolute Gasteiger partial charge is 0.251 e. The minimum atomic E-state index is -0.0685. The highest BCUT2D eigenvalue weighted by molar-refractivity contribution is 5.98. The Kier molecular flexibility index (Phi) is 3.39. The van der Waals surface area contributed by atoms with Crippen molar-refractivity contribution in [2.24, 2.45) is 0 Å². The maximum absolute atomic E-state index is 12.0. The molecule has 21 heavy (non-hydrogen) atoms. The fourth-order valence-electron chi connectivity index (χ4n) is 2.13. The fourth-order valence-corrected chi connectivity index (χ4v) is 2.13. The van der Waals surface area contributed by atoms with Gasteiger partial charge in [0.1, 0.15) is 0 Å². The number of carbonyl (C=O) groups is 1. The highest BCUT2D eigenvalue weighted by Crippen LogP contribution is 2.17. The first-order valence-electron chi connectivity index (χ1n) is 6.84. The van der Waals surface area contributed by atoms with Crippen LogP contribution in [0.25, 0.3) is 16.6 Å². The van der Waals surface area contributed by atoms with Gasteiger partial charge in [-0.2, -0.15) is 5.10 Å². The van der Waals surface area contributed by atoms with Gasteiger partial charge in [-0.15, -0.1) is 0 Å². The zero-order valence-corrected chi connectivity index (χ0v) is 11.9. The van der Waals surface area contributed by atoms with E-state index >= 15 is 0 Å². The number of pyridine rings is 1. The number of nitrogens with zero attached hydrogens (tertiary/aromatic N) is 3. The summed E-state index contributed by atoms with van der Waals surface area (Å²) in [5, 5.41) is 8.30. The average molecular weight is 280 g/mol. The number of hydrogen-bond donors (Lipinski definition) is 1. The van der Waals surface area contributed by atoms with Gasteiger partial charge in [-0.25, -0.2) is 4.68 Å². The lowest BCUT2D eigenvalue weighted by Crippen LogP contribution is -2.29. The van der Waals surface area contributed by atoms with Crippen molar-refractivity contribution in [1.29, 1.82) is 0 Å². The van der Waals surface area contributed by atoms with Gasteiger partial charge in [-0.3, -0.25) is 9.78 Å². The van der Waals surface area contributed by atoms with Gasteiger partial charge < -0.3 is 5.32 Å². The van der Waals surface area contributed by atoms with Crippen molar-refractivity contribution in [1.82, 2.24) is 20.1 Å². The first-order chi connectivity index (χ1) is 10.1. The summed E-state index contributed by atoms with van der Waals surface area (Å²) >= 11 is 0. The first kappa shape index (κ1) is 13.3. The van der Waals surface area contributed by atoms with Crippen LogP contribution in [0.1, 0.15) is 24.2 Å². The Morgan fingerprint density at radius 3 is 2.86 bits per heavy atom. The van der Waals surface area contributed by atoms with Gasteiger partial charge in [0.15, 0.2) is 0 Å². The second kappa shape index (κ2) is 5.36. The van der Waals surface area contributed by atoms with E-state index in [1.807, 2.05) is 44.3 Å². The first-order valence-corrected chi connectivity index (χ1v) is 6.84. The number of fused-ring (bicyclic) bond motifs is 1. The standard InChI is InChI=1S/C16H16N4O/c1-11(2)18-16(21)12-5-6-15-13(8-12)10-20(19-15)14-4-3-7-17-9-14/h3-11H,1-2H3,(H,18,21). The summed E-state index contributed by atoms with van der Waals surface area (Å²) in [4.78, 5) is 16.1. The lowest BCUT2D eigenvalue weighted by Gasteiger charge is -2.07. The molecule has 0 bridgehead atoms. The van der Waals surface area contributed by atoms with Crippen LogP contribution in [0.5, 0.6) is 0 Å². The van der Waals surface area contributed by atoms with Crippen LogP contribution < -0.4 is 5.32 Å². The van der Waals surface area contributed by atoms with E-state index in [4.69, 9.17) is 0 Å². The molecule has 1 N–H and O–H groups in total. The van der Waals surface area contributed by atoms with Crippen molar-refractivity contribution in [2.75, 3.05) is 0 Å². The molecule has 0 atom stereocenters. The van der Waals surface area contributed by atoms with E-state index < -0.39 is 0 Å². The predicted molar refractivity (Wildman–Crippen MR) is 81.5 cm³/mol. The zero-order chi connectivity index (χ0) is 14.8. The summed E-state index contributed by atoms with van der Waals surface area (Å²) in [6, 6.07) is 9.42.